The molecule has 2 heterocycles. The molecule has 4 aromatic rings. The van der Waals surface area contributed by atoms with Gasteiger partial charge in [0.25, 0.3) is 0 Å². The lowest BCUT2D eigenvalue weighted by atomic mass is 10.1. The highest BCUT2D eigenvalue weighted by Gasteiger charge is 2.09. The lowest BCUT2D eigenvalue weighted by molar-refractivity contribution is 0.296. The van der Waals surface area contributed by atoms with Crippen molar-refractivity contribution in [2.45, 2.75) is 6.61 Å². The van der Waals surface area contributed by atoms with E-state index in [1.807, 2.05) is 56.6 Å². The second kappa shape index (κ2) is 5.94. The molecular formula is C18H17N5O2. The molecule has 0 radical (unpaired) electrons. The van der Waals surface area contributed by atoms with Crippen LogP contribution < -0.4 is 15.4 Å². The summed E-state index contributed by atoms with van der Waals surface area (Å²) in [5.41, 5.74) is 7.42. The van der Waals surface area contributed by atoms with E-state index >= 15 is 0 Å². The molecule has 7 nitrogen and oxygen atoms in total. The average Bonchev–Trinajstić information content (AvgIpc) is 2.97. The van der Waals surface area contributed by atoms with Crippen LogP contribution in [0.25, 0.3) is 21.9 Å². The van der Waals surface area contributed by atoms with E-state index in [9.17, 15) is 0 Å². The molecule has 2 aromatic heterocycles. The molecular weight excluding hydrogens is 318 g/mol. The highest BCUT2D eigenvalue weighted by Crippen LogP contribution is 2.31. The minimum Gasteiger partial charge on any atom is -0.486 e. The Hall–Kier alpha value is -3.35. The van der Waals surface area contributed by atoms with E-state index in [4.69, 9.17) is 14.9 Å². The summed E-state index contributed by atoms with van der Waals surface area (Å²) >= 11 is 0. The number of para-hydroxylation sites is 1. The van der Waals surface area contributed by atoms with Gasteiger partial charge in [-0.25, -0.2) is 0 Å². The Bertz CT molecular complexity index is 1060. The van der Waals surface area contributed by atoms with Crippen LogP contribution in [-0.4, -0.2) is 29.0 Å². The number of benzene rings is 2. The second-order valence-corrected chi connectivity index (χ2v) is 5.85. The van der Waals surface area contributed by atoms with Crippen molar-refractivity contribution in [2.24, 2.45) is 0 Å². The molecule has 25 heavy (non-hydrogen) atoms. The maximum atomic E-state index is 5.84. The monoisotopic (exact) mass is 335 g/mol. The van der Waals surface area contributed by atoms with Crippen molar-refractivity contribution in [1.29, 1.82) is 0 Å². The molecule has 0 unspecified atom stereocenters. The zero-order valence-corrected chi connectivity index (χ0v) is 13.9. The molecule has 0 aliphatic heterocycles. The molecule has 2 N–H and O–H groups in total. The predicted octanol–water partition coefficient (Wildman–Crippen LogP) is 3.00. The van der Waals surface area contributed by atoms with Crippen molar-refractivity contribution in [2.75, 3.05) is 24.7 Å². The Labute approximate surface area is 144 Å². The highest BCUT2D eigenvalue weighted by molar-refractivity contribution is 6.05. The van der Waals surface area contributed by atoms with E-state index in [-0.39, 0.29) is 12.6 Å². The number of aromatic nitrogens is 3. The SMILES string of the molecule is CN(C)c1nc(N)nc(COc2ccc3oc4ccccc4c3c2)n1. The Kier molecular flexibility index (Phi) is 3.61. The van der Waals surface area contributed by atoms with E-state index in [0.717, 1.165) is 21.9 Å². The van der Waals surface area contributed by atoms with Crippen LogP contribution in [0.4, 0.5) is 11.9 Å². The summed E-state index contributed by atoms with van der Waals surface area (Å²) in [5.74, 6) is 1.87. The second-order valence-electron chi connectivity index (χ2n) is 5.85. The van der Waals surface area contributed by atoms with Crippen molar-refractivity contribution in [3.8, 4) is 5.75 Å². The van der Waals surface area contributed by atoms with Gasteiger partial charge in [-0.1, -0.05) is 18.2 Å². The molecule has 0 saturated heterocycles. The number of nitrogens with two attached hydrogens (primary N) is 1. The third-order valence-corrected chi connectivity index (χ3v) is 3.80. The first-order chi connectivity index (χ1) is 12.1. The molecule has 126 valence electrons. The van der Waals surface area contributed by atoms with E-state index in [0.29, 0.717) is 17.5 Å². The summed E-state index contributed by atoms with van der Waals surface area (Å²) in [6.07, 6.45) is 0. The molecule has 4 rings (SSSR count). The molecule has 0 aliphatic rings. The van der Waals surface area contributed by atoms with Crippen molar-refractivity contribution in [3.05, 3.63) is 48.3 Å². The van der Waals surface area contributed by atoms with Gasteiger partial charge in [0.15, 0.2) is 5.82 Å². The van der Waals surface area contributed by atoms with Gasteiger partial charge in [0.2, 0.25) is 11.9 Å². The first kappa shape index (κ1) is 15.2. The van der Waals surface area contributed by atoms with Crippen LogP contribution in [0.2, 0.25) is 0 Å². The van der Waals surface area contributed by atoms with Crippen molar-refractivity contribution in [1.82, 2.24) is 15.0 Å². The highest BCUT2D eigenvalue weighted by atomic mass is 16.5. The molecule has 7 heteroatoms. The number of hydrogen-bond donors (Lipinski definition) is 1. The number of nitrogens with zero attached hydrogens (tertiary/aromatic N) is 4. The lowest BCUT2D eigenvalue weighted by Crippen LogP contribution is -2.16. The van der Waals surface area contributed by atoms with E-state index < -0.39 is 0 Å². The summed E-state index contributed by atoms with van der Waals surface area (Å²) < 4.78 is 11.7. The van der Waals surface area contributed by atoms with Gasteiger partial charge in [0, 0.05) is 24.9 Å². The smallest absolute Gasteiger partial charge is 0.230 e. The largest absolute Gasteiger partial charge is 0.486 e. The van der Waals surface area contributed by atoms with E-state index in [2.05, 4.69) is 15.0 Å². The third kappa shape index (κ3) is 2.91. The lowest BCUT2D eigenvalue weighted by Gasteiger charge is -2.11. The number of ether oxygens (including phenoxy) is 1. The Morgan fingerprint density at radius 1 is 1.00 bits per heavy atom. The minimum absolute atomic E-state index is 0.175. The van der Waals surface area contributed by atoms with Crippen molar-refractivity contribution in [3.63, 3.8) is 0 Å². The van der Waals surface area contributed by atoms with Crippen LogP contribution in [-0.2, 0) is 6.61 Å². The van der Waals surface area contributed by atoms with Crippen molar-refractivity contribution >= 4 is 33.8 Å². The quantitative estimate of drug-likeness (QED) is 0.613. The molecule has 0 amide bonds. The number of nitrogen functional groups attached to an aromatic ring is 1. The maximum Gasteiger partial charge on any atom is 0.230 e. The summed E-state index contributed by atoms with van der Waals surface area (Å²) in [5, 5.41) is 2.07. The van der Waals surface area contributed by atoms with Gasteiger partial charge in [-0.05, 0) is 24.3 Å². The van der Waals surface area contributed by atoms with Gasteiger partial charge >= 0.3 is 0 Å². The molecule has 0 bridgehead atoms. The van der Waals surface area contributed by atoms with Crippen LogP contribution in [0.15, 0.2) is 46.9 Å². The summed E-state index contributed by atoms with van der Waals surface area (Å²) in [6.45, 7) is 0.203. The Balaban J connectivity index is 1.62. The number of fused-ring (bicyclic) bond motifs is 3. The van der Waals surface area contributed by atoms with Gasteiger partial charge in [-0.2, -0.15) is 15.0 Å². The summed E-state index contributed by atoms with van der Waals surface area (Å²) in [6, 6.07) is 13.6. The van der Waals surface area contributed by atoms with Crippen molar-refractivity contribution < 1.29 is 9.15 Å². The predicted molar refractivity (Wildman–Crippen MR) is 96.6 cm³/mol. The maximum absolute atomic E-state index is 5.84. The minimum atomic E-state index is 0.175. The van der Waals surface area contributed by atoms with Gasteiger partial charge in [0.05, 0.1) is 0 Å². The molecule has 0 fully saturated rings. The van der Waals surface area contributed by atoms with Gasteiger partial charge in [-0.15, -0.1) is 0 Å². The van der Waals surface area contributed by atoms with Crippen LogP contribution in [0.1, 0.15) is 5.82 Å². The first-order valence-corrected chi connectivity index (χ1v) is 7.82. The normalized spacial score (nSPS) is 11.1. The molecule has 0 aliphatic carbocycles. The number of anilines is 2. The average molecular weight is 335 g/mol. The third-order valence-electron chi connectivity index (χ3n) is 3.80. The zero-order chi connectivity index (χ0) is 17.4. The Morgan fingerprint density at radius 2 is 1.80 bits per heavy atom. The standard InChI is InChI=1S/C18H17N5O2/c1-23(2)18-21-16(20-17(19)22-18)10-24-11-7-8-15-13(9-11)12-5-3-4-6-14(12)25-15/h3-9H,10H2,1-2H3,(H2,19,20,21,22). The number of hydrogen-bond acceptors (Lipinski definition) is 7. The number of rotatable bonds is 4. The molecule has 0 spiro atoms. The Morgan fingerprint density at radius 3 is 2.64 bits per heavy atom. The summed E-state index contributed by atoms with van der Waals surface area (Å²) in [7, 11) is 3.69. The molecule has 2 aromatic carbocycles. The van der Waals surface area contributed by atoms with Crippen LogP contribution in [0, 0.1) is 0 Å². The summed E-state index contributed by atoms with van der Waals surface area (Å²) in [4.78, 5) is 14.3. The van der Waals surface area contributed by atoms with Gasteiger partial charge < -0.3 is 19.8 Å². The van der Waals surface area contributed by atoms with Gasteiger partial charge in [-0.3, -0.25) is 0 Å². The van der Waals surface area contributed by atoms with Crippen LogP contribution in [0.5, 0.6) is 5.75 Å². The van der Waals surface area contributed by atoms with E-state index in [1.165, 1.54) is 0 Å². The molecule has 0 saturated carbocycles. The van der Waals surface area contributed by atoms with Gasteiger partial charge in [0.1, 0.15) is 23.5 Å². The van der Waals surface area contributed by atoms with Crippen LogP contribution in [0.3, 0.4) is 0 Å². The molecule has 0 atom stereocenters. The number of furan rings is 1. The van der Waals surface area contributed by atoms with E-state index in [1.54, 1.807) is 4.90 Å². The fourth-order valence-corrected chi connectivity index (χ4v) is 2.63. The zero-order valence-electron chi connectivity index (χ0n) is 13.9. The first-order valence-electron chi connectivity index (χ1n) is 7.82. The fraction of sp³-hybridized carbons (Fsp3) is 0.167. The fourth-order valence-electron chi connectivity index (χ4n) is 2.63. The van der Waals surface area contributed by atoms with Crippen LogP contribution >= 0.6 is 0 Å². The topological polar surface area (TPSA) is 90.3 Å².